The smallest absolute Gasteiger partial charge is 0.254 e. The van der Waals surface area contributed by atoms with E-state index < -0.39 is 0 Å². The lowest BCUT2D eigenvalue weighted by atomic mass is 10.1. The molecule has 0 spiro atoms. The first-order chi connectivity index (χ1) is 8.74. The molecule has 2 rings (SSSR count). The number of nitrogen functional groups attached to an aromatic ring is 1. The first-order valence-electron chi connectivity index (χ1n) is 6.41. The molecule has 0 unspecified atom stereocenters. The molecule has 1 amide bonds. The summed E-state index contributed by atoms with van der Waals surface area (Å²) in [6, 6.07) is 0. The van der Waals surface area contributed by atoms with Gasteiger partial charge in [0.25, 0.3) is 5.91 Å². The second-order valence-corrected chi connectivity index (χ2v) is 5.69. The Labute approximate surface area is 112 Å². The van der Waals surface area contributed by atoms with E-state index in [1.165, 1.54) is 23.3 Å². The largest absolute Gasteiger partial charge is 0.390 e. The zero-order valence-electron chi connectivity index (χ0n) is 10.8. The van der Waals surface area contributed by atoms with Gasteiger partial charge >= 0.3 is 0 Å². The molecule has 1 heterocycles. The van der Waals surface area contributed by atoms with Crippen molar-refractivity contribution in [1.29, 1.82) is 0 Å². The molecule has 1 aliphatic rings. The summed E-state index contributed by atoms with van der Waals surface area (Å²) < 4.78 is 4.93. The van der Waals surface area contributed by atoms with Crippen LogP contribution < -0.4 is 11.1 Å². The number of carbonyl (C=O) groups is 1. The molecule has 0 atom stereocenters. The number of nitrogens with one attached hydrogen (secondary N) is 1. The number of aryl methyl sites for hydroxylation is 1. The fourth-order valence-corrected chi connectivity index (χ4v) is 3.53. The topological polar surface area (TPSA) is 64.3 Å². The Balaban J connectivity index is 2.16. The lowest BCUT2D eigenvalue weighted by Crippen LogP contribution is -2.28. The Kier molecular flexibility index (Phi) is 4.60. The van der Waals surface area contributed by atoms with Crippen LogP contribution in [0.5, 0.6) is 0 Å². The van der Waals surface area contributed by atoms with Crippen molar-refractivity contribution in [2.24, 2.45) is 0 Å². The maximum atomic E-state index is 12.1. The second kappa shape index (κ2) is 6.20. The summed E-state index contributed by atoms with van der Waals surface area (Å²) in [4.78, 5) is 13.5. The molecule has 1 aromatic heterocycles. The predicted octanol–water partition coefficient (Wildman–Crippen LogP) is 1.98. The van der Waals surface area contributed by atoms with E-state index >= 15 is 0 Å². The number of methoxy groups -OCH3 is 1. The van der Waals surface area contributed by atoms with Gasteiger partial charge in [0, 0.05) is 18.5 Å². The van der Waals surface area contributed by atoms with Crippen LogP contribution in [0.4, 0.5) is 5.00 Å². The van der Waals surface area contributed by atoms with Crippen molar-refractivity contribution < 1.29 is 9.53 Å². The highest BCUT2D eigenvalue weighted by Gasteiger charge is 2.22. The Bertz CT molecular complexity index is 429. The van der Waals surface area contributed by atoms with Crippen molar-refractivity contribution >= 4 is 22.2 Å². The van der Waals surface area contributed by atoms with Crippen molar-refractivity contribution in [1.82, 2.24) is 5.32 Å². The van der Waals surface area contributed by atoms with Crippen molar-refractivity contribution in [2.75, 3.05) is 26.0 Å². The van der Waals surface area contributed by atoms with E-state index in [0.29, 0.717) is 23.7 Å². The minimum absolute atomic E-state index is 0.0519. The highest BCUT2D eigenvalue weighted by atomic mass is 32.1. The summed E-state index contributed by atoms with van der Waals surface area (Å²) in [6.07, 6.45) is 5.65. The Morgan fingerprint density at radius 2 is 2.17 bits per heavy atom. The molecular formula is C13H20N2O2S. The minimum Gasteiger partial charge on any atom is -0.390 e. The van der Waals surface area contributed by atoms with Crippen molar-refractivity contribution in [3.8, 4) is 0 Å². The first kappa shape index (κ1) is 13.4. The number of fused-ring (bicyclic) bond motifs is 1. The summed E-state index contributed by atoms with van der Waals surface area (Å²) in [5, 5.41) is 3.52. The lowest BCUT2D eigenvalue weighted by molar-refractivity contribution is 0.0937. The van der Waals surface area contributed by atoms with E-state index in [9.17, 15) is 4.79 Å². The summed E-state index contributed by atoms with van der Waals surface area (Å²) >= 11 is 1.58. The number of anilines is 1. The van der Waals surface area contributed by atoms with Gasteiger partial charge < -0.3 is 15.8 Å². The van der Waals surface area contributed by atoms with Gasteiger partial charge in [-0.05, 0) is 31.2 Å². The van der Waals surface area contributed by atoms with Crippen LogP contribution >= 0.6 is 11.3 Å². The monoisotopic (exact) mass is 268 g/mol. The molecule has 0 saturated heterocycles. The molecule has 0 radical (unpaired) electrons. The zero-order chi connectivity index (χ0) is 13.0. The van der Waals surface area contributed by atoms with Crippen LogP contribution in [0.1, 0.15) is 40.1 Å². The number of thiophene rings is 1. The van der Waals surface area contributed by atoms with E-state index in [1.54, 1.807) is 18.4 Å². The molecule has 5 heteroatoms. The SMILES string of the molecule is COCCNC(=O)c1c(N)sc2c1CCCCC2. The molecule has 3 N–H and O–H groups in total. The van der Waals surface area contributed by atoms with Gasteiger partial charge in [0.1, 0.15) is 0 Å². The van der Waals surface area contributed by atoms with Gasteiger partial charge in [-0.25, -0.2) is 0 Å². The Morgan fingerprint density at radius 3 is 2.94 bits per heavy atom. The number of amides is 1. The fourth-order valence-electron chi connectivity index (χ4n) is 2.37. The van der Waals surface area contributed by atoms with Gasteiger partial charge in [0.05, 0.1) is 17.2 Å². The molecular weight excluding hydrogens is 248 g/mol. The number of hydrogen-bond acceptors (Lipinski definition) is 4. The summed E-state index contributed by atoms with van der Waals surface area (Å²) in [5.74, 6) is -0.0519. The van der Waals surface area contributed by atoms with Crippen LogP contribution in [0.15, 0.2) is 0 Å². The first-order valence-corrected chi connectivity index (χ1v) is 7.23. The zero-order valence-corrected chi connectivity index (χ0v) is 11.6. The van der Waals surface area contributed by atoms with Gasteiger partial charge in [0.2, 0.25) is 0 Å². The highest BCUT2D eigenvalue weighted by Crippen LogP contribution is 2.35. The summed E-state index contributed by atoms with van der Waals surface area (Å²) in [6.45, 7) is 1.05. The van der Waals surface area contributed by atoms with Gasteiger partial charge in [-0.2, -0.15) is 0 Å². The molecule has 4 nitrogen and oxygen atoms in total. The number of rotatable bonds is 4. The molecule has 1 aromatic rings. The number of nitrogens with two attached hydrogens (primary N) is 1. The molecule has 0 saturated carbocycles. The maximum absolute atomic E-state index is 12.1. The van der Waals surface area contributed by atoms with Crippen LogP contribution in [0.2, 0.25) is 0 Å². The van der Waals surface area contributed by atoms with E-state index in [-0.39, 0.29) is 5.91 Å². The van der Waals surface area contributed by atoms with Crippen molar-refractivity contribution in [2.45, 2.75) is 32.1 Å². The van der Waals surface area contributed by atoms with Crippen molar-refractivity contribution in [3.05, 3.63) is 16.0 Å². The molecule has 0 bridgehead atoms. The van der Waals surface area contributed by atoms with Gasteiger partial charge in [-0.15, -0.1) is 11.3 Å². The normalized spacial score (nSPS) is 14.9. The third-order valence-corrected chi connectivity index (χ3v) is 4.39. The highest BCUT2D eigenvalue weighted by molar-refractivity contribution is 7.16. The average Bonchev–Trinajstić information content (AvgIpc) is 2.51. The van der Waals surface area contributed by atoms with Crippen LogP contribution in [-0.4, -0.2) is 26.2 Å². The standard InChI is InChI=1S/C13H20N2O2S/c1-17-8-7-15-13(16)11-9-5-3-2-4-6-10(9)18-12(11)14/h2-8,14H2,1H3,(H,15,16). The summed E-state index contributed by atoms with van der Waals surface area (Å²) in [5.41, 5.74) is 7.90. The Hall–Kier alpha value is -1.07. The van der Waals surface area contributed by atoms with E-state index in [1.807, 2.05) is 0 Å². The van der Waals surface area contributed by atoms with E-state index in [4.69, 9.17) is 10.5 Å². The van der Waals surface area contributed by atoms with E-state index in [0.717, 1.165) is 19.3 Å². The molecule has 18 heavy (non-hydrogen) atoms. The second-order valence-electron chi connectivity index (χ2n) is 4.55. The van der Waals surface area contributed by atoms with Gasteiger partial charge in [-0.3, -0.25) is 4.79 Å². The molecule has 0 aromatic carbocycles. The van der Waals surface area contributed by atoms with Crippen LogP contribution in [0.3, 0.4) is 0 Å². The molecule has 1 aliphatic carbocycles. The van der Waals surface area contributed by atoms with Crippen molar-refractivity contribution in [3.63, 3.8) is 0 Å². The van der Waals surface area contributed by atoms with Gasteiger partial charge in [-0.1, -0.05) is 6.42 Å². The molecule has 100 valence electrons. The molecule has 0 aliphatic heterocycles. The predicted molar refractivity (Wildman–Crippen MR) is 74.2 cm³/mol. The Morgan fingerprint density at radius 1 is 1.39 bits per heavy atom. The number of hydrogen-bond donors (Lipinski definition) is 2. The number of ether oxygens (including phenoxy) is 1. The third-order valence-electron chi connectivity index (χ3n) is 3.27. The minimum atomic E-state index is -0.0519. The van der Waals surface area contributed by atoms with Crippen LogP contribution in [-0.2, 0) is 17.6 Å². The molecule has 0 fully saturated rings. The average molecular weight is 268 g/mol. The third kappa shape index (κ3) is 2.84. The summed E-state index contributed by atoms with van der Waals surface area (Å²) in [7, 11) is 1.62. The maximum Gasteiger partial charge on any atom is 0.254 e. The van der Waals surface area contributed by atoms with Crippen LogP contribution in [0.25, 0.3) is 0 Å². The van der Waals surface area contributed by atoms with Gasteiger partial charge in [0.15, 0.2) is 0 Å². The number of carbonyl (C=O) groups excluding carboxylic acids is 1. The van der Waals surface area contributed by atoms with Crippen LogP contribution in [0, 0.1) is 0 Å². The fraction of sp³-hybridized carbons (Fsp3) is 0.615. The quantitative estimate of drug-likeness (QED) is 0.648. The van der Waals surface area contributed by atoms with E-state index in [2.05, 4.69) is 5.32 Å². The lowest BCUT2D eigenvalue weighted by Gasteiger charge is -2.07.